The van der Waals surface area contributed by atoms with Gasteiger partial charge in [-0.3, -0.25) is 9.59 Å². The predicted octanol–water partition coefficient (Wildman–Crippen LogP) is 3.76. The van der Waals surface area contributed by atoms with Gasteiger partial charge in [0.05, 0.1) is 24.0 Å². The van der Waals surface area contributed by atoms with E-state index in [1.54, 1.807) is 30.3 Å². The molecule has 0 aliphatic carbocycles. The van der Waals surface area contributed by atoms with Crippen molar-refractivity contribution in [3.8, 4) is 11.5 Å². The largest absolute Gasteiger partial charge is 0.505 e. The molecule has 0 saturated heterocycles. The first-order valence-electron chi connectivity index (χ1n) is 9.91. The molecule has 0 heterocycles. The molecule has 0 radical (unpaired) electrons. The number of primary amides is 1. The lowest BCUT2D eigenvalue weighted by Crippen LogP contribution is -2.12. The zero-order valence-electron chi connectivity index (χ0n) is 17.9. The van der Waals surface area contributed by atoms with Crippen molar-refractivity contribution in [2.45, 2.75) is 0 Å². The molecule has 4 aromatic carbocycles. The van der Waals surface area contributed by atoms with Gasteiger partial charge in [0.15, 0.2) is 5.75 Å². The van der Waals surface area contributed by atoms with Gasteiger partial charge in [0.1, 0.15) is 5.75 Å². The fraction of sp³-hybridized carbons (Fsp3) is 0.0400. The summed E-state index contributed by atoms with van der Waals surface area (Å²) in [6.07, 6.45) is 0. The Morgan fingerprint density at radius 1 is 0.909 bits per heavy atom. The van der Waals surface area contributed by atoms with Crippen LogP contribution in [0.3, 0.4) is 0 Å². The van der Waals surface area contributed by atoms with Crippen LogP contribution in [0.5, 0.6) is 11.5 Å². The maximum Gasteiger partial charge on any atom is 0.255 e. The van der Waals surface area contributed by atoms with Crippen LogP contribution in [-0.2, 0) is 0 Å². The molecule has 0 unspecified atom stereocenters. The van der Waals surface area contributed by atoms with Gasteiger partial charge >= 0.3 is 0 Å². The Labute approximate surface area is 190 Å². The van der Waals surface area contributed by atoms with Gasteiger partial charge < -0.3 is 32.4 Å². The van der Waals surface area contributed by atoms with E-state index < -0.39 is 5.91 Å². The molecule has 0 bridgehead atoms. The summed E-state index contributed by atoms with van der Waals surface area (Å²) >= 11 is 0. The third-order valence-corrected chi connectivity index (χ3v) is 4.85. The molecule has 2 amide bonds. The zero-order valence-corrected chi connectivity index (χ0v) is 17.9. The fourth-order valence-electron chi connectivity index (χ4n) is 3.15. The lowest BCUT2D eigenvalue weighted by molar-refractivity contribution is 0.0995. The molecular formula is C25H24N4O4. The normalized spacial score (nSPS) is 10.1. The van der Waals surface area contributed by atoms with Crippen LogP contribution in [0.4, 0.5) is 17.1 Å². The number of carbonyl (C=O) groups excluding carboxylic acids is 2. The van der Waals surface area contributed by atoms with Gasteiger partial charge in [-0.05, 0) is 41.8 Å². The van der Waals surface area contributed by atoms with Crippen molar-refractivity contribution >= 4 is 39.6 Å². The van der Waals surface area contributed by atoms with E-state index in [-0.39, 0.29) is 22.9 Å². The number of ether oxygens (including phenoxy) is 1. The Balaban J connectivity index is 0.000000189. The smallest absolute Gasteiger partial charge is 0.255 e. The molecule has 8 heteroatoms. The average molecular weight is 444 g/mol. The van der Waals surface area contributed by atoms with Crippen LogP contribution in [0, 0.1) is 0 Å². The lowest BCUT2D eigenvalue weighted by atomic mass is 10.0. The third kappa shape index (κ3) is 5.31. The van der Waals surface area contributed by atoms with E-state index in [4.69, 9.17) is 21.9 Å². The number of hydrogen-bond donors (Lipinski definition) is 5. The molecule has 8 N–H and O–H groups in total. The molecule has 0 saturated carbocycles. The summed E-state index contributed by atoms with van der Waals surface area (Å²) in [5.41, 5.74) is 18.5. The number of amides is 2. The SMILES string of the molecule is COc1ccc(C(=O)Nc2ccccc2)cc1N.NC(=O)c1cc2ccccc2c(N)c1O. The Hall–Kier alpha value is -4.72. The summed E-state index contributed by atoms with van der Waals surface area (Å²) in [7, 11) is 1.54. The van der Waals surface area contributed by atoms with Crippen molar-refractivity contribution < 1.29 is 19.4 Å². The Morgan fingerprint density at radius 2 is 1.58 bits per heavy atom. The quantitative estimate of drug-likeness (QED) is 0.239. The second-order valence-corrected chi connectivity index (χ2v) is 7.05. The number of phenols is 1. The minimum absolute atomic E-state index is 0.0474. The summed E-state index contributed by atoms with van der Waals surface area (Å²) in [4.78, 5) is 23.0. The number of anilines is 3. The number of nitrogens with two attached hydrogens (primary N) is 3. The Bertz CT molecular complexity index is 1310. The predicted molar refractivity (Wildman–Crippen MR) is 130 cm³/mol. The van der Waals surface area contributed by atoms with E-state index in [9.17, 15) is 14.7 Å². The highest BCUT2D eigenvalue weighted by atomic mass is 16.5. The molecule has 0 atom stereocenters. The van der Waals surface area contributed by atoms with Crippen LogP contribution in [0.15, 0.2) is 78.9 Å². The molecule has 4 aromatic rings. The zero-order chi connectivity index (χ0) is 24.0. The van der Waals surface area contributed by atoms with Gasteiger partial charge in [0.25, 0.3) is 11.8 Å². The second-order valence-electron chi connectivity index (χ2n) is 7.05. The number of benzene rings is 4. The molecule has 0 aromatic heterocycles. The summed E-state index contributed by atoms with van der Waals surface area (Å²) in [5, 5.41) is 13.9. The first-order chi connectivity index (χ1) is 15.8. The van der Waals surface area contributed by atoms with Crippen molar-refractivity contribution in [2.75, 3.05) is 23.9 Å². The fourth-order valence-corrected chi connectivity index (χ4v) is 3.15. The van der Waals surface area contributed by atoms with E-state index in [0.717, 1.165) is 11.1 Å². The van der Waals surface area contributed by atoms with Crippen molar-refractivity contribution in [3.63, 3.8) is 0 Å². The molecule has 0 aliphatic heterocycles. The van der Waals surface area contributed by atoms with Crippen LogP contribution < -0.4 is 27.3 Å². The van der Waals surface area contributed by atoms with Crippen LogP contribution in [0.1, 0.15) is 20.7 Å². The van der Waals surface area contributed by atoms with Crippen molar-refractivity contribution in [1.29, 1.82) is 0 Å². The molecule has 168 valence electrons. The number of fused-ring (bicyclic) bond motifs is 1. The van der Waals surface area contributed by atoms with Crippen LogP contribution in [0.25, 0.3) is 10.8 Å². The van der Waals surface area contributed by atoms with Gasteiger partial charge in [-0.25, -0.2) is 0 Å². The number of aromatic hydroxyl groups is 1. The van der Waals surface area contributed by atoms with Gasteiger partial charge in [-0.2, -0.15) is 0 Å². The highest BCUT2D eigenvalue weighted by Gasteiger charge is 2.13. The second kappa shape index (κ2) is 10.1. The van der Waals surface area contributed by atoms with Gasteiger partial charge in [0, 0.05) is 16.6 Å². The first kappa shape index (κ1) is 23.0. The minimum Gasteiger partial charge on any atom is -0.505 e. The lowest BCUT2D eigenvalue weighted by Gasteiger charge is -2.08. The number of hydrogen-bond acceptors (Lipinski definition) is 6. The monoisotopic (exact) mass is 444 g/mol. The maximum absolute atomic E-state index is 12.0. The average Bonchev–Trinajstić information content (AvgIpc) is 2.82. The van der Waals surface area contributed by atoms with Crippen LogP contribution >= 0.6 is 0 Å². The van der Waals surface area contributed by atoms with E-state index in [1.807, 2.05) is 42.5 Å². The minimum atomic E-state index is -0.690. The third-order valence-electron chi connectivity index (χ3n) is 4.85. The van der Waals surface area contributed by atoms with Gasteiger partial charge in [0.2, 0.25) is 0 Å². The standard InChI is InChI=1S/C14H14N2O2.C11H10N2O2/c1-18-13-8-7-10(9-12(13)15)14(17)16-11-5-3-2-4-6-11;12-9-7-4-2-1-3-6(7)5-8(10(9)14)11(13)15/h2-9H,15H2,1H3,(H,16,17);1-5,14H,12H2,(H2,13,15). The molecule has 4 rings (SSSR count). The van der Waals surface area contributed by atoms with Crippen molar-refractivity contribution in [3.05, 3.63) is 90.0 Å². The summed E-state index contributed by atoms with van der Waals surface area (Å²) in [5.74, 6) is -0.576. The van der Waals surface area contributed by atoms with Gasteiger partial charge in [-0.1, -0.05) is 42.5 Å². The molecule has 33 heavy (non-hydrogen) atoms. The Morgan fingerprint density at radius 3 is 2.21 bits per heavy atom. The van der Waals surface area contributed by atoms with E-state index in [0.29, 0.717) is 22.4 Å². The summed E-state index contributed by atoms with van der Waals surface area (Å²) in [6, 6.07) is 22.9. The number of nitrogens with one attached hydrogen (secondary N) is 1. The highest BCUT2D eigenvalue weighted by Crippen LogP contribution is 2.33. The van der Waals surface area contributed by atoms with Crippen LogP contribution in [-0.4, -0.2) is 24.0 Å². The number of para-hydroxylation sites is 1. The summed E-state index contributed by atoms with van der Waals surface area (Å²) in [6.45, 7) is 0. The highest BCUT2D eigenvalue weighted by molar-refractivity contribution is 6.06. The molecule has 8 nitrogen and oxygen atoms in total. The number of carbonyl (C=O) groups is 2. The maximum atomic E-state index is 12.0. The Kier molecular flexibility index (Phi) is 7.00. The van der Waals surface area contributed by atoms with Crippen LogP contribution in [0.2, 0.25) is 0 Å². The summed E-state index contributed by atoms with van der Waals surface area (Å²) < 4.78 is 5.04. The van der Waals surface area contributed by atoms with Gasteiger partial charge in [-0.15, -0.1) is 0 Å². The van der Waals surface area contributed by atoms with E-state index in [1.165, 1.54) is 13.2 Å². The van der Waals surface area contributed by atoms with E-state index in [2.05, 4.69) is 5.32 Å². The number of rotatable bonds is 4. The van der Waals surface area contributed by atoms with Crippen molar-refractivity contribution in [2.24, 2.45) is 5.73 Å². The molecule has 0 spiro atoms. The number of nitrogen functional groups attached to an aromatic ring is 2. The van der Waals surface area contributed by atoms with E-state index >= 15 is 0 Å². The molecular weight excluding hydrogens is 420 g/mol. The molecule has 0 fully saturated rings. The molecule has 0 aliphatic rings. The van der Waals surface area contributed by atoms with Crippen molar-refractivity contribution in [1.82, 2.24) is 0 Å². The number of methoxy groups -OCH3 is 1. The first-order valence-corrected chi connectivity index (χ1v) is 9.91. The topological polar surface area (TPSA) is 154 Å².